The predicted molar refractivity (Wildman–Crippen MR) is 74.4 cm³/mol. The Kier molecular flexibility index (Phi) is 4.64. The van der Waals surface area contributed by atoms with E-state index in [4.69, 9.17) is 23.2 Å². The van der Waals surface area contributed by atoms with Gasteiger partial charge in [-0.3, -0.25) is 4.79 Å². The van der Waals surface area contributed by atoms with Crippen LogP contribution >= 0.6 is 23.2 Å². The smallest absolute Gasteiger partial charge is 0.254 e. The van der Waals surface area contributed by atoms with Crippen LogP contribution in [0, 0.1) is 0 Å². The summed E-state index contributed by atoms with van der Waals surface area (Å²) in [6.07, 6.45) is 3.05. The van der Waals surface area contributed by atoms with Crippen molar-refractivity contribution in [2.45, 2.75) is 6.42 Å². The lowest BCUT2D eigenvalue weighted by molar-refractivity contribution is 0.0957. The van der Waals surface area contributed by atoms with Crippen LogP contribution in [-0.2, 0) is 0 Å². The summed E-state index contributed by atoms with van der Waals surface area (Å²) in [7, 11) is 0. The summed E-state index contributed by atoms with van der Waals surface area (Å²) in [4.78, 5) is 12.0. The molecule has 0 radical (unpaired) electrons. The Balaban J connectivity index is 2.01. The SMILES string of the molecule is O=C(NCC1=CCNCC1)c1c(Cl)cccc1Cl. The number of carbonyl (C=O) groups excluding carboxylic acids is 1. The van der Waals surface area contributed by atoms with E-state index in [1.54, 1.807) is 18.2 Å². The number of carbonyl (C=O) groups is 1. The predicted octanol–water partition coefficient (Wildman–Crippen LogP) is 2.64. The van der Waals surface area contributed by atoms with Gasteiger partial charge in [0.25, 0.3) is 5.91 Å². The number of hydrogen-bond acceptors (Lipinski definition) is 2. The van der Waals surface area contributed by atoms with Gasteiger partial charge in [0, 0.05) is 13.1 Å². The normalized spacial score (nSPS) is 15.1. The minimum absolute atomic E-state index is 0.231. The highest BCUT2D eigenvalue weighted by Gasteiger charge is 2.14. The third-order valence-electron chi connectivity index (χ3n) is 2.82. The molecule has 5 heteroatoms. The zero-order chi connectivity index (χ0) is 13.0. The molecule has 0 atom stereocenters. The third kappa shape index (κ3) is 3.25. The van der Waals surface area contributed by atoms with E-state index < -0.39 is 0 Å². The van der Waals surface area contributed by atoms with Gasteiger partial charge in [-0.2, -0.15) is 0 Å². The summed E-state index contributed by atoms with van der Waals surface area (Å²) in [5.74, 6) is -0.231. The van der Waals surface area contributed by atoms with Crippen molar-refractivity contribution in [3.05, 3.63) is 45.5 Å². The number of hydrogen-bond donors (Lipinski definition) is 2. The Morgan fingerprint density at radius 2 is 2.06 bits per heavy atom. The van der Waals surface area contributed by atoms with Crippen molar-refractivity contribution in [1.29, 1.82) is 0 Å². The van der Waals surface area contributed by atoms with Crippen molar-refractivity contribution in [3.8, 4) is 0 Å². The second-order valence-electron chi connectivity index (χ2n) is 4.10. The molecule has 2 N–H and O–H groups in total. The summed E-state index contributed by atoms with van der Waals surface area (Å²) < 4.78 is 0. The minimum Gasteiger partial charge on any atom is -0.348 e. The molecular formula is C13H14Cl2N2O. The molecule has 1 aliphatic rings. The molecule has 1 aliphatic heterocycles. The molecule has 1 heterocycles. The van der Waals surface area contributed by atoms with E-state index in [9.17, 15) is 4.79 Å². The van der Waals surface area contributed by atoms with E-state index in [0.717, 1.165) is 19.5 Å². The van der Waals surface area contributed by atoms with Crippen LogP contribution in [-0.4, -0.2) is 25.5 Å². The number of rotatable bonds is 3. The van der Waals surface area contributed by atoms with Gasteiger partial charge in [-0.15, -0.1) is 0 Å². The molecular weight excluding hydrogens is 271 g/mol. The second kappa shape index (κ2) is 6.23. The fourth-order valence-corrected chi connectivity index (χ4v) is 2.40. The van der Waals surface area contributed by atoms with Crippen molar-refractivity contribution in [2.24, 2.45) is 0 Å². The van der Waals surface area contributed by atoms with Gasteiger partial charge in [-0.05, 0) is 25.1 Å². The van der Waals surface area contributed by atoms with Crippen molar-refractivity contribution >= 4 is 29.1 Å². The molecule has 0 spiro atoms. The Hall–Kier alpha value is -1.03. The summed E-state index contributed by atoms with van der Waals surface area (Å²) >= 11 is 12.0. The summed E-state index contributed by atoms with van der Waals surface area (Å²) in [5.41, 5.74) is 1.57. The highest BCUT2D eigenvalue weighted by atomic mass is 35.5. The fraction of sp³-hybridized carbons (Fsp3) is 0.308. The largest absolute Gasteiger partial charge is 0.348 e. The first-order valence-electron chi connectivity index (χ1n) is 5.79. The average molecular weight is 285 g/mol. The molecule has 0 bridgehead atoms. The Bertz CT molecular complexity index is 466. The highest BCUT2D eigenvalue weighted by Crippen LogP contribution is 2.23. The first-order chi connectivity index (χ1) is 8.68. The van der Waals surface area contributed by atoms with Crippen LogP contribution in [0.15, 0.2) is 29.8 Å². The highest BCUT2D eigenvalue weighted by molar-refractivity contribution is 6.39. The zero-order valence-electron chi connectivity index (χ0n) is 9.80. The molecule has 0 saturated carbocycles. The average Bonchev–Trinajstić information content (AvgIpc) is 2.37. The van der Waals surface area contributed by atoms with Crippen LogP contribution in [0.4, 0.5) is 0 Å². The quantitative estimate of drug-likeness (QED) is 0.838. The topological polar surface area (TPSA) is 41.1 Å². The molecule has 2 rings (SSSR count). The van der Waals surface area contributed by atoms with Crippen LogP contribution < -0.4 is 10.6 Å². The van der Waals surface area contributed by atoms with E-state index >= 15 is 0 Å². The maximum atomic E-state index is 12.0. The Morgan fingerprint density at radius 3 is 2.67 bits per heavy atom. The zero-order valence-corrected chi connectivity index (χ0v) is 11.3. The molecule has 1 amide bonds. The van der Waals surface area contributed by atoms with Crippen molar-refractivity contribution in [3.63, 3.8) is 0 Å². The van der Waals surface area contributed by atoms with Crippen molar-refractivity contribution in [2.75, 3.05) is 19.6 Å². The summed E-state index contributed by atoms with van der Waals surface area (Å²) in [6, 6.07) is 5.04. The third-order valence-corrected chi connectivity index (χ3v) is 3.45. The standard InChI is InChI=1S/C13H14Cl2N2O/c14-10-2-1-3-11(15)12(10)13(18)17-8-9-4-6-16-7-5-9/h1-4,16H,5-8H2,(H,17,18). The molecule has 1 aromatic carbocycles. The summed E-state index contributed by atoms with van der Waals surface area (Å²) in [6.45, 7) is 2.36. The number of amides is 1. The lowest BCUT2D eigenvalue weighted by atomic mass is 10.1. The number of nitrogens with one attached hydrogen (secondary N) is 2. The molecule has 96 valence electrons. The van der Waals surface area contributed by atoms with Crippen LogP contribution in [0.3, 0.4) is 0 Å². The number of halogens is 2. The van der Waals surface area contributed by atoms with Gasteiger partial charge in [0.1, 0.15) is 0 Å². The first kappa shape index (κ1) is 13.4. The van der Waals surface area contributed by atoms with Gasteiger partial charge in [-0.1, -0.05) is 40.9 Å². The molecule has 3 nitrogen and oxygen atoms in total. The lowest BCUT2D eigenvalue weighted by Gasteiger charge is -2.15. The lowest BCUT2D eigenvalue weighted by Crippen LogP contribution is -2.29. The fourth-order valence-electron chi connectivity index (χ4n) is 1.83. The number of benzene rings is 1. The van der Waals surface area contributed by atoms with Gasteiger partial charge in [0.2, 0.25) is 0 Å². The van der Waals surface area contributed by atoms with Gasteiger partial charge in [-0.25, -0.2) is 0 Å². The van der Waals surface area contributed by atoms with Crippen LogP contribution in [0.5, 0.6) is 0 Å². The van der Waals surface area contributed by atoms with Gasteiger partial charge in [0.15, 0.2) is 0 Å². The monoisotopic (exact) mass is 284 g/mol. The van der Waals surface area contributed by atoms with E-state index in [1.807, 2.05) is 0 Å². The molecule has 1 aromatic rings. The van der Waals surface area contributed by atoms with Crippen molar-refractivity contribution < 1.29 is 4.79 Å². The Morgan fingerprint density at radius 1 is 1.33 bits per heavy atom. The van der Waals surface area contributed by atoms with E-state index in [1.165, 1.54) is 5.57 Å². The van der Waals surface area contributed by atoms with Gasteiger partial charge < -0.3 is 10.6 Å². The molecule has 0 aliphatic carbocycles. The molecule has 18 heavy (non-hydrogen) atoms. The van der Waals surface area contributed by atoms with Gasteiger partial charge in [0.05, 0.1) is 15.6 Å². The minimum atomic E-state index is -0.231. The Labute approximate surface area is 116 Å². The second-order valence-corrected chi connectivity index (χ2v) is 4.91. The van der Waals surface area contributed by atoms with Crippen molar-refractivity contribution in [1.82, 2.24) is 10.6 Å². The maximum Gasteiger partial charge on any atom is 0.254 e. The van der Waals surface area contributed by atoms with E-state index in [2.05, 4.69) is 16.7 Å². The summed E-state index contributed by atoms with van der Waals surface area (Å²) in [5, 5.41) is 6.82. The van der Waals surface area contributed by atoms with E-state index in [0.29, 0.717) is 22.2 Å². The van der Waals surface area contributed by atoms with Crippen LogP contribution in [0.2, 0.25) is 10.0 Å². The maximum absolute atomic E-state index is 12.0. The van der Waals surface area contributed by atoms with Gasteiger partial charge >= 0.3 is 0 Å². The van der Waals surface area contributed by atoms with Crippen LogP contribution in [0.1, 0.15) is 16.8 Å². The molecule has 0 aromatic heterocycles. The van der Waals surface area contributed by atoms with Crippen LogP contribution in [0.25, 0.3) is 0 Å². The first-order valence-corrected chi connectivity index (χ1v) is 6.55. The van der Waals surface area contributed by atoms with E-state index in [-0.39, 0.29) is 5.91 Å². The molecule has 0 saturated heterocycles. The molecule has 0 fully saturated rings. The molecule has 0 unspecified atom stereocenters.